The van der Waals surface area contributed by atoms with Crippen LogP contribution in [0.25, 0.3) is 155 Å². The lowest BCUT2D eigenvalue weighted by atomic mass is 10.0. The number of aromatic nitrogens is 4. The molecule has 6 aromatic heterocycles. The van der Waals surface area contributed by atoms with Crippen LogP contribution in [0.1, 0.15) is 0 Å². The van der Waals surface area contributed by atoms with Crippen LogP contribution in [0.3, 0.4) is 0 Å². The van der Waals surface area contributed by atoms with Crippen LogP contribution >= 0.6 is 0 Å². The largest absolute Gasteiger partial charge is 0.456 e. The molecule has 0 radical (unpaired) electrons. The zero-order valence-electron chi connectivity index (χ0n) is 37.1. The molecular formula is C62H34N4O4. The van der Waals surface area contributed by atoms with Gasteiger partial charge in [-0.2, -0.15) is 0 Å². The van der Waals surface area contributed by atoms with Crippen molar-refractivity contribution in [1.82, 2.24) is 19.1 Å². The van der Waals surface area contributed by atoms with Crippen LogP contribution in [0.2, 0.25) is 0 Å². The van der Waals surface area contributed by atoms with E-state index in [0.29, 0.717) is 11.8 Å². The predicted molar refractivity (Wildman–Crippen MR) is 281 cm³/mol. The molecule has 0 unspecified atom stereocenters. The molecule has 0 aliphatic carbocycles. The fourth-order valence-corrected chi connectivity index (χ4v) is 11.1. The van der Waals surface area contributed by atoms with Crippen LogP contribution in [0.15, 0.2) is 224 Å². The van der Waals surface area contributed by atoms with Crippen LogP contribution in [0.5, 0.6) is 0 Å². The Morgan fingerprint density at radius 2 is 0.657 bits per heavy atom. The van der Waals surface area contributed by atoms with Gasteiger partial charge in [-0.3, -0.25) is 0 Å². The average Bonchev–Trinajstić information content (AvgIpc) is 4.28. The summed E-state index contributed by atoms with van der Waals surface area (Å²) in [6, 6.07) is 71.4. The van der Waals surface area contributed by atoms with Gasteiger partial charge in [0, 0.05) is 65.6 Å². The molecule has 0 fully saturated rings. The molecule has 10 aromatic carbocycles. The lowest BCUT2D eigenvalue weighted by molar-refractivity contribution is 0.619. The van der Waals surface area contributed by atoms with E-state index in [1.165, 1.54) is 21.5 Å². The number of hydrogen-bond donors (Lipinski definition) is 0. The Bertz CT molecular complexity index is 4520. The molecule has 70 heavy (non-hydrogen) atoms. The van der Waals surface area contributed by atoms with Gasteiger partial charge in [0.25, 0.3) is 0 Å². The topological polar surface area (TPSA) is 88.2 Å². The summed E-state index contributed by atoms with van der Waals surface area (Å²) in [6.45, 7) is 0. The molecule has 0 aliphatic rings. The highest BCUT2D eigenvalue weighted by Gasteiger charge is 2.21. The van der Waals surface area contributed by atoms with Crippen molar-refractivity contribution < 1.29 is 17.7 Å². The normalized spacial score (nSPS) is 12.3. The number of para-hydroxylation sites is 4. The molecule has 0 spiro atoms. The fraction of sp³-hybridized carbons (Fsp3) is 0. The van der Waals surface area contributed by atoms with Gasteiger partial charge in [-0.05, 0) is 132 Å². The van der Waals surface area contributed by atoms with Crippen LogP contribution in [-0.2, 0) is 0 Å². The molecule has 0 aliphatic heterocycles. The molecule has 16 rings (SSSR count). The predicted octanol–water partition coefficient (Wildman–Crippen LogP) is 17.0. The van der Waals surface area contributed by atoms with Crippen molar-refractivity contribution in [2.75, 3.05) is 0 Å². The summed E-state index contributed by atoms with van der Waals surface area (Å²) < 4.78 is 29.9. The van der Waals surface area contributed by atoms with E-state index >= 15 is 0 Å². The van der Waals surface area contributed by atoms with Crippen LogP contribution in [0, 0.1) is 0 Å². The lowest BCUT2D eigenvalue weighted by Gasteiger charge is -2.08. The van der Waals surface area contributed by atoms with E-state index in [9.17, 15) is 0 Å². The average molecular weight is 899 g/mol. The molecular weight excluding hydrogens is 865 g/mol. The first kappa shape index (κ1) is 37.4. The summed E-state index contributed by atoms with van der Waals surface area (Å²) in [6.07, 6.45) is 0. The minimum Gasteiger partial charge on any atom is -0.456 e. The van der Waals surface area contributed by atoms with E-state index in [1.807, 2.05) is 36.4 Å². The van der Waals surface area contributed by atoms with E-state index in [-0.39, 0.29) is 0 Å². The Balaban J connectivity index is 0.704. The summed E-state index contributed by atoms with van der Waals surface area (Å²) in [7, 11) is 0. The second-order valence-corrected chi connectivity index (χ2v) is 18.1. The molecule has 8 nitrogen and oxygen atoms in total. The Labute approximate surface area is 396 Å². The first-order valence-electron chi connectivity index (χ1n) is 23.4. The molecule has 0 saturated carbocycles. The minimum absolute atomic E-state index is 0.567. The van der Waals surface area contributed by atoms with Gasteiger partial charge in [0.05, 0.1) is 22.1 Å². The van der Waals surface area contributed by atoms with Crippen molar-refractivity contribution in [2.24, 2.45) is 0 Å². The second-order valence-electron chi connectivity index (χ2n) is 18.1. The van der Waals surface area contributed by atoms with Crippen molar-refractivity contribution in [3.63, 3.8) is 0 Å². The van der Waals surface area contributed by atoms with Gasteiger partial charge in [0.1, 0.15) is 33.4 Å². The third-order valence-electron chi connectivity index (χ3n) is 14.2. The van der Waals surface area contributed by atoms with Gasteiger partial charge in [-0.15, -0.1) is 0 Å². The number of rotatable bonds is 5. The monoisotopic (exact) mass is 898 g/mol. The smallest absolute Gasteiger partial charge is 0.227 e. The molecule has 8 heteroatoms. The highest BCUT2D eigenvalue weighted by molar-refractivity contribution is 6.28. The van der Waals surface area contributed by atoms with E-state index in [4.69, 9.17) is 27.6 Å². The lowest BCUT2D eigenvalue weighted by Crippen LogP contribution is -1.93. The van der Waals surface area contributed by atoms with Gasteiger partial charge >= 0.3 is 0 Å². The molecule has 326 valence electrons. The van der Waals surface area contributed by atoms with Gasteiger partial charge < -0.3 is 26.8 Å². The maximum Gasteiger partial charge on any atom is 0.227 e. The van der Waals surface area contributed by atoms with Crippen molar-refractivity contribution in [3.8, 4) is 45.4 Å². The third kappa shape index (κ3) is 5.29. The molecule has 6 heterocycles. The molecule has 0 amide bonds. The van der Waals surface area contributed by atoms with Gasteiger partial charge in [0.2, 0.25) is 11.8 Å². The fourth-order valence-electron chi connectivity index (χ4n) is 11.1. The van der Waals surface area contributed by atoms with E-state index in [1.54, 1.807) is 0 Å². The maximum absolute atomic E-state index is 6.36. The third-order valence-corrected chi connectivity index (χ3v) is 14.2. The minimum atomic E-state index is 0.567. The summed E-state index contributed by atoms with van der Waals surface area (Å²) in [4.78, 5) is 9.96. The first-order chi connectivity index (χ1) is 34.7. The Morgan fingerprint density at radius 1 is 0.271 bits per heavy atom. The number of oxazole rings is 2. The summed E-state index contributed by atoms with van der Waals surface area (Å²) >= 11 is 0. The highest BCUT2D eigenvalue weighted by atomic mass is 16.4. The number of benzene rings is 10. The number of fused-ring (bicyclic) bond motifs is 16. The van der Waals surface area contributed by atoms with Crippen molar-refractivity contribution in [1.29, 1.82) is 0 Å². The summed E-state index contributed by atoms with van der Waals surface area (Å²) in [5, 5.41) is 9.27. The van der Waals surface area contributed by atoms with Gasteiger partial charge in [-0.1, -0.05) is 84.9 Å². The van der Waals surface area contributed by atoms with Crippen LogP contribution < -0.4 is 0 Å². The molecule has 16 aromatic rings. The summed E-state index contributed by atoms with van der Waals surface area (Å²) in [5.41, 5.74) is 17.0. The van der Waals surface area contributed by atoms with Crippen LogP contribution in [-0.4, -0.2) is 19.1 Å². The van der Waals surface area contributed by atoms with E-state index in [2.05, 4.69) is 179 Å². The number of nitrogens with zero attached hydrogens (tertiary/aromatic N) is 4. The quantitative estimate of drug-likeness (QED) is 0.171. The highest BCUT2D eigenvalue weighted by Crippen LogP contribution is 2.43. The van der Waals surface area contributed by atoms with Gasteiger partial charge in [-0.25, -0.2) is 9.97 Å². The molecule has 0 bridgehead atoms. The number of furan rings is 2. The Morgan fingerprint density at radius 3 is 1.11 bits per heavy atom. The Hall–Kier alpha value is -9.66. The SMILES string of the molecule is c1ccc2c(c1)oc1ccc3c(c4ccccc4n3-c3ccc(-c4nc5cc(-c6ccc7oc(-c8ccc(-n9c%10ccccc%10c%10c%11c(ccc%109)oc9ccccc9%11)cc8)nc7c6)ccc5o4)cc3)c12. The van der Waals surface area contributed by atoms with E-state index in [0.717, 1.165) is 122 Å². The van der Waals surface area contributed by atoms with Crippen molar-refractivity contribution in [2.45, 2.75) is 0 Å². The standard InChI is InChI=1S/C62H34N4O4/c1-5-13-47-41(9-1)57-49(27-31-55-59(57)43-11-3-7-15-51(43)67-55)65(47)39-23-17-35(18-24-39)61-63-45-33-37(21-29-53(45)69-61)38-22-30-54-46(34-38)64-62(70-54)36-19-25-40(26-20-36)66-48-14-6-2-10-42(48)58-50(66)28-32-56-60(58)44-12-4-8-16-52(44)68-56/h1-34H. The zero-order valence-corrected chi connectivity index (χ0v) is 37.1. The van der Waals surface area contributed by atoms with Gasteiger partial charge in [0.15, 0.2) is 11.2 Å². The van der Waals surface area contributed by atoms with Crippen LogP contribution in [0.4, 0.5) is 0 Å². The Kier molecular flexibility index (Phi) is 7.46. The maximum atomic E-state index is 6.36. The molecule has 0 saturated heterocycles. The zero-order chi connectivity index (χ0) is 45.6. The first-order valence-corrected chi connectivity index (χ1v) is 23.4. The molecule has 0 atom stereocenters. The second kappa shape index (κ2) is 13.9. The summed E-state index contributed by atoms with van der Waals surface area (Å²) in [5.74, 6) is 1.13. The molecule has 0 N–H and O–H groups in total. The number of hydrogen-bond acceptors (Lipinski definition) is 6. The van der Waals surface area contributed by atoms with Crippen molar-refractivity contribution >= 4 is 110 Å². The van der Waals surface area contributed by atoms with Crippen molar-refractivity contribution in [3.05, 3.63) is 206 Å². The van der Waals surface area contributed by atoms with E-state index < -0.39 is 0 Å².